The summed E-state index contributed by atoms with van der Waals surface area (Å²) in [6.45, 7) is 2.95. The molecule has 1 aromatic heterocycles. The lowest BCUT2D eigenvalue weighted by atomic mass is 10.4. The van der Waals surface area contributed by atoms with Crippen LogP contribution in [0.2, 0.25) is 0 Å². The molecule has 14 heavy (non-hydrogen) atoms. The maximum Gasteiger partial charge on any atom is 0.263 e. The van der Waals surface area contributed by atoms with Crippen molar-refractivity contribution in [3.63, 3.8) is 0 Å². The molecule has 1 rings (SSSR count). The largest absolute Gasteiger partial charge is 0.397 e. The van der Waals surface area contributed by atoms with Crippen LogP contribution in [-0.4, -0.2) is 26.5 Å². The van der Waals surface area contributed by atoms with E-state index < -0.39 is 0 Å². The predicted molar refractivity (Wildman–Crippen MR) is 61.1 cm³/mol. The third kappa shape index (κ3) is 1.98. The summed E-state index contributed by atoms with van der Waals surface area (Å²) >= 11 is 1.41. The van der Waals surface area contributed by atoms with Gasteiger partial charge in [-0.3, -0.25) is 4.79 Å². The summed E-state index contributed by atoms with van der Waals surface area (Å²) in [6.07, 6.45) is 0. The molecule has 5 heteroatoms. The highest BCUT2D eigenvalue weighted by Gasteiger charge is 2.14. The SMILES string of the molecule is CCN(C)c1cc(N)c(C(=O)NC)s1. The molecule has 0 spiro atoms. The van der Waals surface area contributed by atoms with Crippen molar-refractivity contribution in [2.24, 2.45) is 0 Å². The fourth-order valence-electron chi connectivity index (χ4n) is 1.03. The van der Waals surface area contributed by atoms with Crippen molar-refractivity contribution in [3.05, 3.63) is 10.9 Å². The average Bonchev–Trinajstić information content (AvgIpc) is 2.58. The van der Waals surface area contributed by atoms with Crippen LogP contribution in [0.4, 0.5) is 10.7 Å². The summed E-state index contributed by atoms with van der Waals surface area (Å²) in [6, 6.07) is 1.83. The average molecular weight is 213 g/mol. The van der Waals surface area contributed by atoms with Gasteiger partial charge in [-0.1, -0.05) is 0 Å². The van der Waals surface area contributed by atoms with Crippen molar-refractivity contribution in [3.8, 4) is 0 Å². The number of thiophene rings is 1. The number of nitrogen functional groups attached to an aromatic ring is 1. The van der Waals surface area contributed by atoms with Gasteiger partial charge in [-0.2, -0.15) is 0 Å². The molecule has 1 heterocycles. The standard InChI is InChI=1S/C9H15N3OS/c1-4-12(3)7-5-6(10)8(14-7)9(13)11-2/h5H,4,10H2,1-3H3,(H,11,13). The van der Waals surface area contributed by atoms with Gasteiger partial charge in [0, 0.05) is 20.6 Å². The Hall–Kier alpha value is -1.23. The van der Waals surface area contributed by atoms with E-state index in [2.05, 4.69) is 12.2 Å². The number of nitrogens with zero attached hydrogens (tertiary/aromatic N) is 1. The number of anilines is 2. The number of nitrogens with one attached hydrogen (secondary N) is 1. The van der Waals surface area contributed by atoms with E-state index in [0.717, 1.165) is 11.5 Å². The fraction of sp³-hybridized carbons (Fsp3) is 0.444. The minimum Gasteiger partial charge on any atom is -0.397 e. The molecule has 0 aromatic carbocycles. The third-order valence-electron chi connectivity index (χ3n) is 2.03. The Bertz CT molecular complexity index is 335. The number of hydrogen-bond acceptors (Lipinski definition) is 4. The van der Waals surface area contributed by atoms with Gasteiger partial charge < -0.3 is 16.0 Å². The topological polar surface area (TPSA) is 58.4 Å². The number of amides is 1. The Morgan fingerprint density at radius 2 is 2.36 bits per heavy atom. The predicted octanol–water partition coefficient (Wildman–Crippen LogP) is 1.15. The summed E-state index contributed by atoms with van der Waals surface area (Å²) in [4.78, 5) is 14.0. The fourth-order valence-corrected chi connectivity index (χ4v) is 2.08. The highest BCUT2D eigenvalue weighted by atomic mass is 32.1. The van der Waals surface area contributed by atoms with Crippen molar-refractivity contribution in [1.82, 2.24) is 5.32 Å². The Labute approximate surface area is 87.7 Å². The number of carbonyl (C=O) groups is 1. The van der Waals surface area contributed by atoms with Gasteiger partial charge in [-0.25, -0.2) is 0 Å². The lowest BCUT2D eigenvalue weighted by molar-refractivity contribution is 0.0968. The van der Waals surface area contributed by atoms with Crippen LogP contribution < -0.4 is 16.0 Å². The first-order valence-electron chi connectivity index (χ1n) is 4.42. The number of carbonyl (C=O) groups excluding carboxylic acids is 1. The Morgan fingerprint density at radius 1 is 1.71 bits per heavy atom. The lowest BCUT2D eigenvalue weighted by Gasteiger charge is -2.12. The van der Waals surface area contributed by atoms with E-state index in [1.807, 2.05) is 18.0 Å². The van der Waals surface area contributed by atoms with E-state index in [1.54, 1.807) is 7.05 Å². The van der Waals surface area contributed by atoms with Crippen molar-refractivity contribution >= 4 is 27.9 Å². The monoisotopic (exact) mass is 213 g/mol. The summed E-state index contributed by atoms with van der Waals surface area (Å²) in [7, 11) is 3.57. The Kier molecular flexibility index (Phi) is 3.35. The molecule has 0 unspecified atom stereocenters. The molecule has 3 N–H and O–H groups in total. The van der Waals surface area contributed by atoms with Gasteiger partial charge in [-0.05, 0) is 13.0 Å². The van der Waals surface area contributed by atoms with Crippen molar-refractivity contribution in [2.75, 3.05) is 31.3 Å². The summed E-state index contributed by atoms with van der Waals surface area (Å²) in [5.74, 6) is -0.122. The van der Waals surface area contributed by atoms with E-state index in [1.165, 1.54) is 11.3 Å². The molecule has 78 valence electrons. The zero-order valence-electron chi connectivity index (χ0n) is 8.63. The second kappa shape index (κ2) is 4.32. The van der Waals surface area contributed by atoms with E-state index in [9.17, 15) is 4.79 Å². The summed E-state index contributed by atoms with van der Waals surface area (Å²) in [5, 5.41) is 3.58. The second-order valence-electron chi connectivity index (χ2n) is 2.96. The molecule has 0 fully saturated rings. The molecule has 0 saturated heterocycles. The molecular weight excluding hydrogens is 198 g/mol. The van der Waals surface area contributed by atoms with Gasteiger partial charge in [0.15, 0.2) is 0 Å². The third-order valence-corrected chi connectivity index (χ3v) is 3.30. The van der Waals surface area contributed by atoms with Crippen LogP contribution in [0.15, 0.2) is 6.07 Å². The van der Waals surface area contributed by atoms with Crippen LogP contribution in [0.3, 0.4) is 0 Å². The molecule has 4 nitrogen and oxygen atoms in total. The van der Waals surface area contributed by atoms with Gasteiger partial charge in [-0.15, -0.1) is 11.3 Å². The smallest absolute Gasteiger partial charge is 0.263 e. The molecule has 1 aromatic rings. The maximum absolute atomic E-state index is 11.4. The van der Waals surface area contributed by atoms with Gasteiger partial charge in [0.25, 0.3) is 5.91 Å². The van der Waals surface area contributed by atoms with Gasteiger partial charge in [0.1, 0.15) is 4.88 Å². The molecule has 0 bridgehead atoms. The van der Waals surface area contributed by atoms with Gasteiger partial charge in [0.05, 0.1) is 10.7 Å². The molecule has 1 amide bonds. The highest BCUT2D eigenvalue weighted by molar-refractivity contribution is 7.18. The normalized spacial score (nSPS) is 9.93. The molecule has 0 aliphatic carbocycles. The van der Waals surface area contributed by atoms with Gasteiger partial charge >= 0.3 is 0 Å². The van der Waals surface area contributed by atoms with E-state index >= 15 is 0 Å². The molecular formula is C9H15N3OS. The molecule has 0 saturated carbocycles. The zero-order chi connectivity index (χ0) is 10.7. The minimum atomic E-state index is -0.122. The summed E-state index contributed by atoms with van der Waals surface area (Å²) in [5.41, 5.74) is 6.28. The van der Waals surface area contributed by atoms with Crippen LogP contribution in [0.25, 0.3) is 0 Å². The zero-order valence-corrected chi connectivity index (χ0v) is 9.44. The van der Waals surface area contributed by atoms with Crippen LogP contribution in [0, 0.1) is 0 Å². The summed E-state index contributed by atoms with van der Waals surface area (Å²) < 4.78 is 0. The quantitative estimate of drug-likeness (QED) is 0.791. The van der Waals surface area contributed by atoms with E-state index in [0.29, 0.717) is 10.6 Å². The van der Waals surface area contributed by atoms with Crippen LogP contribution >= 0.6 is 11.3 Å². The van der Waals surface area contributed by atoms with Crippen molar-refractivity contribution in [2.45, 2.75) is 6.92 Å². The first-order valence-corrected chi connectivity index (χ1v) is 5.24. The Balaban J connectivity index is 2.98. The number of nitrogens with two attached hydrogens (primary N) is 1. The molecule has 0 radical (unpaired) electrons. The van der Waals surface area contributed by atoms with Gasteiger partial charge in [0.2, 0.25) is 0 Å². The van der Waals surface area contributed by atoms with Crippen molar-refractivity contribution < 1.29 is 4.79 Å². The maximum atomic E-state index is 11.4. The van der Waals surface area contributed by atoms with Crippen LogP contribution in [0.5, 0.6) is 0 Å². The first kappa shape index (κ1) is 10.8. The highest BCUT2D eigenvalue weighted by Crippen LogP contribution is 2.31. The second-order valence-corrected chi connectivity index (χ2v) is 3.99. The van der Waals surface area contributed by atoms with E-state index in [4.69, 9.17) is 5.73 Å². The van der Waals surface area contributed by atoms with Crippen LogP contribution in [-0.2, 0) is 0 Å². The van der Waals surface area contributed by atoms with Crippen molar-refractivity contribution in [1.29, 1.82) is 0 Å². The lowest BCUT2D eigenvalue weighted by Crippen LogP contribution is -2.17. The number of hydrogen-bond donors (Lipinski definition) is 2. The van der Waals surface area contributed by atoms with Crippen LogP contribution in [0.1, 0.15) is 16.6 Å². The molecule has 0 aliphatic heterocycles. The number of rotatable bonds is 3. The Morgan fingerprint density at radius 3 is 2.86 bits per heavy atom. The minimum absolute atomic E-state index is 0.122. The first-order chi connectivity index (χ1) is 6.60. The molecule has 0 atom stereocenters. The van der Waals surface area contributed by atoms with E-state index in [-0.39, 0.29) is 5.91 Å². The molecule has 0 aliphatic rings.